The van der Waals surface area contributed by atoms with Crippen LogP contribution in [0.2, 0.25) is 0 Å². The minimum Gasteiger partial charge on any atom is -0.423 e. The van der Waals surface area contributed by atoms with Gasteiger partial charge in [-0.3, -0.25) is 0 Å². The zero-order chi connectivity index (χ0) is 12.2. The number of hydrogen-bond acceptors (Lipinski definition) is 2. The minimum absolute atomic E-state index is 0.358. The van der Waals surface area contributed by atoms with Crippen molar-refractivity contribution in [2.24, 2.45) is 0 Å². The second kappa shape index (κ2) is 5.58. The number of ether oxygens (including phenoxy) is 1. The van der Waals surface area contributed by atoms with Gasteiger partial charge in [0.15, 0.2) is 0 Å². The third-order valence-corrected chi connectivity index (χ3v) is 2.22. The van der Waals surface area contributed by atoms with Gasteiger partial charge in [0, 0.05) is 5.56 Å². The second-order valence-electron chi connectivity index (χ2n) is 2.91. The van der Waals surface area contributed by atoms with Crippen LogP contribution in [0.3, 0.4) is 0 Å². The van der Waals surface area contributed by atoms with E-state index in [2.05, 4.69) is 0 Å². The molecule has 0 aliphatic rings. The van der Waals surface area contributed by atoms with Gasteiger partial charge in [-0.15, -0.1) is 0 Å². The Bertz CT molecular complexity index is 393. The highest BCUT2D eigenvalue weighted by Crippen LogP contribution is 2.30. The van der Waals surface area contributed by atoms with Crippen molar-refractivity contribution >= 4 is 46.5 Å². The van der Waals surface area contributed by atoms with Crippen LogP contribution in [-0.4, -0.2) is 9.76 Å². The SMILES string of the molecule is C/C=C(/OC(=O)C(Cl)(Cl)Cl)c1ccccc1. The molecule has 0 amide bonds. The van der Waals surface area contributed by atoms with Crippen molar-refractivity contribution in [3.05, 3.63) is 42.0 Å². The summed E-state index contributed by atoms with van der Waals surface area (Å²) in [5.74, 6) is -0.564. The Labute approximate surface area is 109 Å². The number of rotatable bonds is 2. The first kappa shape index (κ1) is 13.4. The Morgan fingerprint density at radius 2 is 1.81 bits per heavy atom. The van der Waals surface area contributed by atoms with Gasteiger partial charge in [-0.05, 0) is 13.0 Å². The topological polar surface area (TPSA) is 26.3 Å². The minimum atomic E-state index is -2.07. The molecule has 0 bridgehead atoms. The van der Waals surface area contributed by atoms with Crippen molar-refractivity contribution in [2.75, 3.05) is 0 Å². The van der Waals surface area contributed by atoms with Gasteiger partial charge >= 0.3 is 5.97 Å². The highest BCUT2D eigenvalue weighted by atomic mass is 35.6. The number of halogens is 3. The number of alkyl halides is 3. The van der Waals surface area contributed by atoms with E-state index in [0.29, 0.717) is 5.76 Å². The Morgan fingerprint density at radius 1 is 1.25 bits per heavy atom. The van der Waals surface area contributed by atoms with Crippen LogP contribution in [-0.2, 0) is 9.53 Å². The highest BCUT2D eigenvalue weighted by molar-refractivity contribution is 6.75. The lowest BCUT2D eigenvalue weighted by Gasteiger charge is -2.12. The molecular formula is C11H9Cl3O2. The quantitative estimate of drug-likeness (QED) is 0.465. The van der Waals surface area contributed by atoms with E-state index in [1.165, 1.54) is 0 Å². The average Bonchev–Trinajstić information content (AvgIpc) is 2.25. The van der Waals surface area contributed by atoms with Gasteiger partial charge in [0.2, 0.25) is 0 Å². The maximum atomic E-state index is 11.3. The third-order valence-electron chi connectivity index (χ3n) is 1.75. The fraction of sp³-hybridized carbons (Fsp3) is 0.182. The highest BCUT2D eigenvalue weighted by Gasteiger charge is 2.33. The predicted molar refractivity (Wildman–Crippen MR) is 66.5 cm³/mol. The number of benzene rings is 1. The molecule has 2 nitrogen and oxygen atoms in total. The van der Waals surface area contributed by atoms with E-state index in [0.717, 1.165) is 5.56 Å². The van der Waals surface area contributed by atoms with Crippen molar-refractivity contribution in [3.63, 3.8) is 0 Å². The summed E-state index contributed by atoms with van der Waals surface area (Å²) in [5.41, 5.74) is 0.743. The van der Waals surface area contributed by atoms with Crippen molar-refractivity contribution in [1.29, 1.82) is 0 Å². The maximum absolute atomic E-state index is 11.3. The Kier molecular flexibility index (Phi) is 4.66. The van der Waals surface area contributed by atoms with Crippen molar-refractivity contribution in [2.45, 2.75) is 10.7 Å². The van der Waals surface area contributed by atoms with E-state index in [9.17, 15) is 4.79 Å². The number of carbonyl (C=O) groups is 1. The number of hydrogen-bond donors (Lipinski definition) is 0. The summed E-state index contributed by atoms with van der Waals surface area (Å²) in [6.07, 6.45) is 1.63. The molecule has 16 heavy (non-hydrogen) atoms. The fourth-order valence-electron chi connectivity index (χ4n) is 1.04. The molecule has 1 rings (SSSR count). The van der Waals surface area contributed by atoms with Crippen LogP contribution in [0.25, 0.3) is 5.76 Å². The molecule has 0 fully saturated rings. The first-order valence-electron chi connectivity index (χ1n) is 4.46. The number of allylic oxidation sites excluding steroid dienone is 1. The molecule has 86 valence electrons. The van der Waals surface area contributed by atoms with Crippen LogP contribution in [0.15, 0.2) is 36.4 Å². The molecule has 0 N–H and O–H groups in total. The lowest BCUT2D eigenvalue weighted by Crippen LogP contribution is -2.21. The molecule has 0 radical (unpaired) electrons. The van der Waals surface area contributed by atoms with Crippen molar-refractivity contribution in [3.8, 4) is 0 Å². The monoisotopic (exact) mass is 278 g/mol. The van der Waals surface area contributed by atoms with Gasteiger partial charge in [-0.25, -0.2) is 4.79 Å². The van der Waals surface area contributed by atoms with Crippen LogP contribution >= 0.6 is 34.8 Å². The number of carbonyl (C=O) groups excluding carboxylic acids is 1. The van der Waals surface area contributed by atoms with E-state index in [4.69, 9.17) is 39.5 Å². The average molecular weight is 280 g/mol. The van der Waals surface area contributed by atoms with Crippen LogP contribution in [0.4, 0.5) is 0 Å². The van der Waals surface area contributed by atoms with Gasteiger partial charge in [-0.2, -0.15) is 0 Å². The molecule has 0 saturated carbocycles. The zero-order valence-electron chi connectivity index (χ0n) is 8.41. The van der Waals surface area contributed by atoms with Gasteiger partial charge in [0.05, 0.1) is 0 Å². The molecule has 0 aliphatic heterocycles. The first-order valence-corrected chi connectivity index (χ1v) is 5.59. The smallest absolute Gasteiger partial charge is 0.363 e. The van der Waals surface area contributed by atoms with Gasteiger partial charge in [-0.1, -0.05) is 65.1 Å². The molecule has 0 spiro atoms. The predicted octanol–water partition coefficient (Wildman–Crippen LogP) is 3.96. The summed E-state index contributed by atoms with van der Waals surface area (Å²) in [4.78, 5) is 11.3. The van der Waals surface area contributed by atoms with E-state index < -0.39 is 9.76 Å². The fourth-order valence-corrected chi connectivity index (χ4v) is 1.16. The molecule has 5 heteroatoms. The molecule has 0 heterocycles. The molecule has 0 aliphatic carbocycles. The lowest BCUT2D eigenvalue weighted by atomic mass is 10.2. The van der Waals surface area contributed by atoms with Gasteiger partial charge < -0.3 is 4.74 Å². The van der Waals surface area contributed by atoms with Crippen LogP contribution in [0, 0.1) is 0 Å². The molecule has 0 aromatic heterocycles. The summed E-state index contributed by atoms with van der Waals surface area (Å²) in [7, 11) is 0. The number of esters is 1. The second-order valence-corrected chi connectivity index (χ2v) is 5.19. The summed E-state index contributed by atoms with van der Waals surface area (Å²) >= 11 is 16.2. The molecule has 0 saturated heterocycles. The van der Waals surface area contributed by atoms with Crippen molar-refractivity contribution in [1.82, 2.24) is 0 Å². The Morgan fingerprint density at radius 3 is 2.25 bits per heavy atom. The van der Waals surface area contributed by atoms with E-state index >= 15 is 0 Å². The summed E-state index contributed by atoms with van der Waals surface area (Å²) in [6, 6.07) is 9.08. The zero-order valence-corrected chi connectivity index (χ0v) is 10.7. The molecule has 1 aromatic rings. The van der Waals surface area contributed by atoms with Gasteiger partial charge in [0.1, 0.15) is 5.76 Å². The molecule has 1 aromatic carbocycles. The standard InChI is InChI=1S/C11H9Cl3O2/c1-2-9(8-6-4-3-5-7-8)16-10(15)11(12,13)14/h2-7H,1H3/b9-2+. The molecule has 0 unspecified atom stereocenters. The van der Waals surface area contributed by atoms with E-state index in [1.807, 2.05) is 18.2 Å². The van der Waals surface area contributed by atoms with E-state index in [-0.39, 0.29) is 0 Å². The first-order chi connectivity index (χ1) is 7.45. The molecular weight excluding hydrogens is 270 g/mol. The van der Waals surface area contributed by atoms with Crippen LogP contribution in [0.5, 0.6) is 0 Å². The summed E-state index contributed by atoms with van der Waals surface area (Å²) in [5, 5.41) is 0. The van der Waals surface area contributed by atoms with Crippen molar-refractivity contribution < 1.29 is 9.53 Å². The van der Waals surface area contributed by atoms with E-state index in [1.54, 1.807) is 25.1 Å². The largest absolute Gasteiger partial charge is 0.423 e. The molecule has 0 atom stereocenters. The maximum Gasteiger partial charge on any atom is 0.363 e. The van der Waals surface area contributed by atoms with Crippen LogP contribution in [0.1, 0.15) is 12.5 Å². The Hall–Kier alpha value is -0.700. The van der Waals surface area contributed by atoms with Gasteiger partial charge in [0.25, 0.3) is 3.79 Å². The summed E-state index contributed by atoms with van der Waals surface area (Å²) < 4.78 is 2.91. The lowest BCUT2D eigenvalue weighted by molar-refractivity contribution is -0.135. The Balaban J connectivity index is 2.84. The van der Waals surface area contributed by atoms with Crippen LogP contribution < -0.4 is 0 Å². The normalized spacial score (nSPS) is 12.4. The summed E-state index contributed by atoms with van der Waals surface area (Å²) in [6.45, 7) is 1.73. The third kappa shape index (κ3) is 3.71.